The van der Waals surface area contributed by atoms with E-state index in [0.717, 1.165) is 19.3 Å². The van der Waals surface area contributed by atoms with E-state index in [0.29, 0.717) is 17.8 Å². The summed E-state index contributed by atoms with van der Waals surface area (Å²) < 4.78 is 13.5. The average molecular weight is 276 g/mol. The van der Waals surface area contributed by atoms with E-state index in [1.807, 2.05) is 0 Å². The highest BCUT2D eigenvalue weighted by molar-refractivity contribution is 5.95. The lowest BCUT2D eigenvalue weighted by molar-refractivity contribution is 0.0953. The highest BCUT2D eigenvalue weighted by Gasteiger charge is 2.11. The first-order valence-corrected chi connectivity index (χ1v) is 7.09. The van der Waals surface area contributed by atoms with Crippen molar-refractivity contribution in [2.24, 2.45) is 0 Å². The molecule has 1 aliphatic rings. The van der Waals surface area contributed by atoms with Crippen molar-refractivity contribution in [1.29, 1.82) is 0 Å². The molecule has 2 rings (SSSR count). The van der Waals surface area contributed by atoms with E-state index in [-0.39, 0.29) is 11.5 Å². The quantitative estimate of drug-likeness (QED) is 0.654. The molecule has 0 aliphatic heterocycles. The summed E-state index contributed by atoms with van der Waals surface area (Å²) in [5.41, 5.74) is 8.06. The van der Waals surface area contributed by atoms with E-state index in [9.17, 15) is 9.18 Å². The van der Waals surface area contributed by atoms with Gasteiger partial charge in [-0.1, -0.05) is 11.6 Å². The van der Waals surface area contributed by atoms with E-state index >= 15 is 0 Å². The van der Waals surface area contributed by atoms with Crippen LogP contribution in [-0.2, 0) is 0 Å². The number of allylic oxidation sites excluding steroid dienone is 1. The summed E-state index contributed by atoms with van der Waals surface area (Å²) in [7, 11) is 0. The smallest absolute Gasteiger partial charge is 0.251 e. The molecule has 1 aromatic rings. The molecule has 1 amide bonds. The predicted molar refractivity (Wildman–Crippen MR) is 79.1 cm³/mol. The number of nitrogen functional groups attached to an aromatic ring is 1. The first kappa shape index (κ1) is 14.6. The van der Waals surface area contributed by atoms with E-state index in [2.05, 4.69) is 11.4 Å². The molecular weight excluding hydrogens is 255 g/mol. The van der Waals surface area contributed by atoms with Crippen molar-refractivity contribution in [3.05, 3.63) is 40.7 Å². The van der Waals surface area contributed by atoms with Crippen molar-refractivity contribution in [3.63, 3.8) is 0 Å². The molecule has 0 unspecified atom stereocenters. The van der Waals surface area contributed by atoms with Crippen molar-refractivity contribution in [1.82, 2.24) is 5.32 Å². The number of nitrogens with two attached hydrogens (primary N) is 1. The first-order chi connectivity index (χ1) is 9.58. The third-order valence-electron chi connectivity index (χ3n) is 3.76. The van der Waals surface area contributed by atoms with Gasteiger partial charge in [-0.25, -0.2) is 4.39 Å². The molecule has 3 N–H and O–H groups in total. The van der Waals surface area contributed by atoms with Gasteiger partial charge >= 0.3 is 0 Å². The van der Waals surface area contributed by atoms with Crippen LogP contribution in [0, 0.1) is 12.7 Å². The van der Waals surface area contributed by atoms with Gasteiger partial charge in [-0.2, -0.15) is 0 Å². The van der Waals surface area contributed by atoms with Crippen molar-refractivity contribution in [2.45, 2.75) is 39.0 Å². The van der Waals surface area contributed by atoms with Crippen LogP contribution in [0.25, 0.3) is 0 Å². The molecule has 0 bridgehead atoms. The molecule has 0 saturated carbocycles. The fraction of sp³-hybridized carbons (Fsp3) is 0.438. The molecule has 3 nitrogen and oxygen atoms in total. The highest BCUT2D eigenvalue weighted by Crippen LogP contribution is 2.20. The summed E-state index contributed by atoms with van der Waals surface area (Å²) in [5, 5.41) is 2.82. The predicted octanol–water partition coefficient (Wildman–Crippen LogP) is 3.34. The average Bonchev–Trinajstić information content (AvgIpc) is 2.45. The monoisotopic (exact) mass is 276 g/mol. The summed E-state index contributed by atoms with van der Waals surface area (Å²) in [6.07, 6.45) is 7.90. The van der Waals surface area contributed by atoms with Crippen molar-refractivity contribution >= 4 is 11.6 Å². The maximum absolute atomic E-state index is 13.5. The fourth-order valence-corrected chi connectivity index (χ4v) is 2.40. The van der Waals surface area contributed by atoms with Crippen LogP contribution in [0.3, 0.4) is 0 Å². The maximum Gasteiger partial charge on any atom is 0.251 e. The van der Waals surface area contributed by atoms with Crippen LogP contribution in [0.4, 0.5) is 10.1 Å². The second kappa shape index (κ2) is 6.55. The Morgan fingerprint density at radius 3 is 2.85 bits per heavy atom. The van der Waals surface area contributed by atoms with Crippen molar-refractivity contribution in [2.75, 3.05) is 12.3 Å². The summed E-state index contributed by atoms with van der Waals surface area (Å²) >= 11 is 0. The molecule has 0 aromatic heterocycles. The Hall–Kier alpha value is -1.84. The molecule has 20 heavy (non-hydrogen) atoms. The molecule has 0 fully saturated rings. The normalized spacial score (nSPS) is 14.8. The number of anilines is 1. The number of hydrogen-bond donors (Lipinski definition) is 2. The topological polar surface area (TPSA) is 55.1 Å². The van der Waals surface area contributed by atoms with E-state index < -0.39 is 5.82 Å². The maximum atomic E-state index is 13.5. The lowest BCUT2D eigenvalue weighted by Gasteiger charge is -2.13. The molecule has 1 aromatic carbocycles. The van der Waals surface area contributed by atoms with Crippen LogP contribution >= 0.6 is 0 Å². The number of carbonyl (C=O) groups excluding carboxylic acids is 1. The minimum atomic E-state index is -0.440. The zero-order valence-electron chi connectivity index (χ0n) is 11.8. The number of rotatable bonds is 4. The van der Waals surface area contributed by atoms with Crippen LogP contribution in [-0.4, -0.2) is 12.5 Å². The number of carbonyl (C=O) groups is 1. The Kier molecular flexibility index (Phi) is 4.77. The summed E-state index contributed by atoms with van der Waals surface area (Å²) in [6.45, 7) is 2.18. The Morgan fingerprint density at radius 1 is 1.40 bits per heavy atom. The van der Waals surface area contributed by atoms with E-state index in [4.69, 9.17) is 5.73 Å². The Bertz CT molecular complexity index is 514. The van der Waals surface area contributed by atoms with E-state index in [1.54, 1.807) is 6.92 Å². The third-order valence-corrected chi connectivity index (χ3v) is 3.76. The Labute approximate surface area is 119 Å². The van der Waals surface area contributed by atoms with Gasteiger partial charge in [0.25, 0.3) is 5.91 Å². The van der Waals surface area contributed by atoms with Gasteiger partial charge in [-0.3, -0.25) is 4.79 Å². The van der Waals surface area contributed by atoms with Crippen LogP contribution in [0.2, 0.25) is 0 Å². The SMILES string of the molecule is Cc1c(N)cc(C(=O)NCCC2=CCCCC2)cc1F. The summed E-state index contributed by atoms with van der Waals surface area (Å²) in [6, 6.07) is 2.76. The highest BCUT2D eigenvalue weighted by atomic mass is 19.1. The minimum absolute atomic E-state index is 0.271. The zero-order chi connectivity index (χ0) is 14.5. The van der Waals surface area contributed by atoms with Gasteiger partial charge in [0.2, 0.25) is 0 Å². The minimum Gasteiger partial charge on any atom is -0.398 e. The van der Waals surface area contributed by atoms with Gasteiger partial charge in [0.15, 0.2) is 0 Å². The molecule has 0 radical (unpaired) electrons. The number of nitrogens with one attached hydrogen (secondary N) is 1. The van der Waals surface area contributed by atoms with Crippen LogP contribution < -0.4 is 11.1 Å². The second-order valence-electron chi connectivity index (χ2n) is 5.29. The lowest BCUT2D eigenvalue weighted by atomic mass is 9.97. The lowest BCUT2D eigenvalue weighted by Crippen LogP contribution is -2.25. The van der Waals surface area contributed by atoms with Crippen molar-refractivity contribution < 1.29 is 9.18 Å². The zero-order valence-corrected chi connectivity index (χ0v) is 11.8. The van der Waals surface area contributed by atoms with Gasteiger partial charge in [0, 0.05) is 23.4 Å². The molecule has 4 heteroatoms. The Morgan fingerprint density at radius 2 is 2.20 bits per heavy atom. The standard InChI is InChI=1S/C16H21FN2O/c1-11-14(17)9-13(10-15(11)18)16(20)19-8-7-12-5-3-2-4-6-12/h5,9-10H,2-4,6-8,18H2,1H3,(H,19,20). The Balaban J connectivity index is 1.90. The van der Waals surface area contributed by atoms with Crippen LogP contribution in [0.15, 0.2) is 23.8 Å². The first-order valence-electron chi connectivity index (χ1n) is 7.09. The molecule has 0 heterocycles. The fourth-order valence-electron chi connectivity index (χ4n) is 2.40. The number of hydrogen-bond acceptors (Lipinski definition) is 2. The van der Waals surface area contributed by atoms with Gasteiger partial charge < -0.3 is 11.1 Å². The summed E-state index contributed by atoms with van der Waals surface area (Å²) in [4.78, 5) is 11.9. The second-order valence-corrected chi connectivity index (χ2v) is 5.29. The number of halogens is 1. The van der Waals surface area contributed by atoms with Crippen molar-refractivity contribution in [3.8, 4) is 0 Å². The van der Waals surface area contributed by atoms with Crippen LogP contribution in [0.1, 0.15) is 48.0 Å². The molecule has 0 atom stereocenters. The van der Waals surface area contributed by atoms with Gasteiger partial charge in [-0.05, 0) is 51.2 Å². The largest absolute Gasteiger partial charge is 0.398 e. The third kappa shape index (κ3) is 3.59. The number of amides is 1. The van der Waals surface area contributed by atoms with E-state index in [1.165, 1.54) is 30.5 Å². The molecule has 108 valence electrons. The molecular formula is C16H21FN2O. The molecule has 1 aliphatic carbocycles. The summed E-state index contributed by atoms with van der Waals surface area (Å²) in [5.74, 6) is -0.711. The van der Waals surface area contributed by atoms with Gasteiger partial charge in [0.05, 0.1) is 0 Å². The van der Waals surface area contributed by atoms with Crippen LogP contribution in [0.5, 0.6) is 0 Å². The molecule has 0 spiro atoms. The number of benzene rings is 1. The van der Waals surface area contributed by atoms with Gasteiger partial charge in [0.1, 0.15) is 5.82 Å². The van der Waals surface area contributed by atoms with Gasteiger partial charge in [-0.15, -0.1) is 0 Å². The molecule has 0 saturated heterocycles.